The van der Waals surface area contributed by atoms with Crippen molar-refractivity contribution in [3.05, 3.63) is 64.2 Å². The molecule has 0 saturated carbocycles. The topological polar surface area (TPSA) is 88.5 Å². The molecule has 2 aromatic carbocycles. The second kappa shape index (κ2) is 11.8. The zero-order valence-electron chi connectivity index (χ0n) is 20.5. The van der Waals surface area contributed by atoms with Crippen molar-refractivity contribution in [1.29, 1.82) is 0 Å². The van der Waals surface area contributed by atoms with Gasteiger partial charge < -0.3 is 24.2 Å². The van der Waals surface area contributed by atoms with E-state index < -0.39 is 17.7 Å². The molecule has 1 atom stereocenters. The molecular weight excluding hydrogens is 484 g/mol. The maximum Gasteiger partial charge on any atom is 0.295 e. The quantitative estimate of drug-likeness (QED) is 0.308. The van der Waals surface area contributed by atoms with E-state index in [4.69, 9.17) is 25.8 Å². The van der Waals surface area contributed by atoms with E-state index in [9.17, 15) is 14.7 Å². The van der Waals surface area contributed by atoms with Gasteiger partial charge in [0.25, 0.3) is 11.7 Å². The molecule has 9 heteroatoms. The number of likely N-dealkylation sites (tertiary alicyclic amines) is 1. The molecule has 2 aliphatic heterocycles. The Bertz CT molecular complexity index is 1130. The number of amides is 1. The van der Waals surface area contributed by atoms with E-state index in [-0.39, 0.29) is 11.3 Å². The molecular formula is C27H31ClN2O6. The molecule has 2 aliphatic rings. The van der Waals surface area contributed by atoms with Gasteiger partial charge in [0.1, 0.15) is 5.76 Å². The molecule has 0 spiro atoms. The van der Waals surface area contributed by atoms with Crippen LogP contribution in [-0.4, -0.2) is 79.2 Å². The Labute approximate surface area is 216 Å². The van der Waals surface area contributed by atoms with E-state index in [1.54, 1.807) is 42.5 Å². The fraction of sp³-hybridized carbons (Fsp3) is 0.407. The number of aliphatic hydroxyl groups is 1. The Morgan fingerprint density at radius 2 is 1.67 bits per heavy atom. The van der Waals surface area contributed by atoms with Crippen LogP contribution in [0.1, 0.15) is 31.0 Å². The van der Waals surface area contributed by atoms with Crippen molar-refractivity contribution in [2.75, 3.05) is 52.6 Å². The Morgan fingerprint density at radius 3 is 2.33 bits per heavy atom. The maximum atomic E-state index is 13.3. The van der Waals surface area contributed by atoms with Gasteiger partial charge in [0, 0.05) is 36.8 Å². The van der Waals surface area contributed by atoms with Crippen LogP contribution < -0.4 is 9.47 Å². The number of ether oxygens (including phenoxy) is 3. The number of aliphatic hydroxyl groups excluding tert-OH is 1. The van der Waals surface area contributed by atoms with Crippen LogP contribution in [0.3, 0.4) is 0 Å². The average molecular weight is 515 g/mol. The minimum atomic E-state index is -0.781. The first-order valence-corrected chi connectivity index (χ1v) is 12.6. The average Bonchev–Trinajstić information content (AvgIpc) is 3.14. The fourth-order valence-corrected chi connectivity index (χ4v) is 4.66. The Balaban J connectivity index is 1.77. The van der Waals surface area contributed by atoms with Gasteiger partial charge in [-0.2, -0.15) is 0 Å². The van der Waals surface area contributed by atoms with Gasteiger partial charge in [0.05, 0.1) is 38.0 Å². The maximum absolute atomic E-state index is 13.3. The van der Waals surface area contributed by atoms with E-state index in [0.29, 0.717) is 67.2 Å². The first-order valence-electron chi connectivity index (χ1n) is 12.2. The summed E-state index contributed by atoms with van der Waals surface area (Å²) in [6, 6.07) is 11.1. The van der Waals surface area contributed by atoms with Gasteiger partial charge >= 0.3 is 0 Å². The van der Waals surface area contributed by atoms with E-state index in [1.807, 2.05) is 13.8 Å². The van der Waals surface area contributed by atoms with Crippen LogP contribution in [0.2, 0.25) is 5.02 Å². The van der Waals surface area contributed by atoms with Gasteiger partial charge in [-0.05, 0) is 55.8 Å². The smallest absolute Gasteiger partial charge is 0.295 e. The molecule has 0 radical (unpaired) electrons. The van der Waals surface area contributed by atoms with E-state index >= 15 is 0 Å². The third kappa shape index (κ3) is 5.51. The number of Topliss-reactive ketones (excluding diaryl/α,β-unsaturated/α-hetero) is 1. The SMILES string of the molecule is CCOc1ccc([C@H]2C(=C(O)c3ccc(Cl)cc3)C(=O)C(=O)N2CCN2CCOCC2)cc1OCC. The molecule has 192 valence electrons. The summed E-state index contributed by atoms with van der Waals surface area (Å²) in [6.07, 6.45) is 0. The van der Waals surface area contributed by atoms with E-state index in [1.165, 1.54) is 4.90 Å². The van der Waals surface area contributed by atoms with Crippen molar-refractivity contribution in [3.8, 4) is 11.5 Å². The van der Waals surface area contributed by atoms with Crippen LogP contribution >= 0.6 is 11.6 Å². The van der Waals surface area contributed by atoms with Crippen LogP contribution in [-0.2, 0) is 14.3 Å². The number of rotatable bonds is 9. The van der Waals surface area contributed by atoms with Crippen molar-refractivity contribution >= 4 is 29.1 Å². The van der Waals surface area contributed by atoms with Crippen molar-refractivity contribution in [2.45, 2.75) is 19.9 Å². The summed E-state index contributed by atoms with van der Waals surface area (Å²) >= 11 is 6.01. The Kier molecular flexibility index (Phi) is 8.51. The lowest BCUT2D eigenvalue weighted by Crippen LogP contribution is -2.42. The lowest BCUT2D eigenvalue weighted by Gasteiger charge is -2.31. The molecule has 0 bridgehead atoms. The molecule has 1 amide bonds. The summed E-state index contributed by atoms with van der Waals surface area (Å²) in [5.41, 5.74) is 1.10. The van der Waals surface area contributed by atoms with Crippen LogP contribution in [0, 0.1) is 0 Å². The van der Waals surface area contributed by atoms with Crippen molar-refractivity contribution < 1.29 is 28.9 Å². The summed E-state index contributed by atoms with van der Waals surface area (Å²) in [5.74, 6) is -0.513. The van der Waals surface area contributed by atoms with E-state index in [0.717, 1.165) is 13.1 Å². The van der Waals surface area contributed by atoms with Gasteiger partial charge in [-0.3, -0.25) is 14.5 Å². The first kappa shape index (κ1) is 26.0. The van der Waals surface area contributed by atoms with Crippen molar-refractivity contribution in [2.24, 2.45) is 0 Å². The number of hydrogen-bond acceptors (Lipinski definition) is 7. The zero-order valence-corrected chi connectivity index (χ0v) is 21.3. The second-order valence-corrected chi connectivity index (χ2v) is 8.96. The number of halogens is 1. The monoisotopic (exact) mass is 514 g/mol. The number of carbonyl (C=O) groups is 2. The molecule has 2 saturated heterocycles. The number of morpholine rings is 1. The molecule has 2 fully saturated rings. The molecule has 2 aromatic rings. The molecule has 2 heterocycles. The lowest BCUT2D eigenvalue weighted by molar-refractivity contribution is -0.140. The number of nitrogens with zero attached hydrogens (tertiary/aromatic N) is 2. The Hall–Kier alpha value is -3.07. The lowest BCUT2D eigenvalue weighted by atomic mass is 9.95. The van der Waals surface area contributed by atoms with Gasteiger partial charge in [-0.15, -0.1) is 0 Å². The number of benzene rings is 2. The van der Waals surface area contributed by atoms with Gasteiger partial charge in [-0.25, -0.2) is 0 Å². The van der Waals surface area contributed by atoms with Gasteiger partial charge in [0.2, 0.25) is 0 Å². The summed E-state index contributed by atoms with van der Waals surface area (Å²) in [4.78, 5) is 30.3. The predicted octanol–water partition coefficient (Wildman–Crippen LogP) is 3.89. The summed E-state index contributed by atoms with van der Waals surface area (Å²) in [7, 11) is 0. The number of carbonyl (C=O) groups excluding carboxylic acids is 2. The van der Waals surface area contributed by atoms with Crippen LogP contribution in [0.4, 0.5) is 0 Å². The van der Waals surface area contributed by atoms with Crippen molar-refractivity contribution in [1.82, 2.24) is 9.80 Å². The normalized spacial score (nSPS) is 20.1. The minimum Gasteiger partial charge on any atom is -0.507 e. The first-order chi connectivity index (χ1) is 17.4. The minimum absolute atomic E-state index is 0.0379. The predicted molar refractivity (Wildman–Crippen MR) is 137 cm³/mol. The van der Waals surface area contributed by atoms with Crippen LogP contribution in [0.5, 0.6) is 11.5 Å². The van der Waals surface area contributed by atoms with Gasteiger partial charge in [0.15, 0.2) is 11.5 Å². The van der Waals surface area contributed by atoms with Crippen molar-refractivity contribution in [3.63, 3.8) is 0 Å². The third-order valence-electron chi connectivity index (χ3n) is 6.30. The zero-order chi connectivity index (χ0) is 25.7. The van der Waals surface area contributed by atoms with E-state index in [2.05, 4.69) is 4.90 Å². The molecule has 4 rings (SSSR count). The molecule has 0 unspecified atom stereocenters. The van der Waals surface area contributed by atoms with Crippen LogP contribution in [0.15, 0.2) is 48.0 Å². The molecule has 36 heavy (non-hydrogen) atoms. The molecule has 8 nitrogen and oxygen atoms in total. The highest BCUT2D eigenvalue weighted by Gasteiger charge is 2.46. The second-order valence-electron chi connectivity index (χ2n) is 8.53. The number of hydrogen-bond donors (Lipinski definition) is 1. The summed E-state index contributed by atoms with van der Waals surface area (Å²) in [6.45, 7) is 8.35. The largest absolute Gasteiger partial charge is 0.507 e. The summed E-state index contributed by atoms with van der Waals surface area (Å²) < 4.78 is 16.9. The van der Waals surface area contributed by atoms with Gasteiger partial charge in [-0.1, -0.05) is 17.7 Å². The highest BCUT2D eigenvalue weighted by molar-refractivity contribution is 6.46. The molecule has 0 aromatic heterocycles. The summed E-state index contributed by atoms with van der Waals surface area (Å²) in [5, 5.41) is 11.7. The highest BCUT2D eigenvalue weighted by atomic mass is 35.5. The molecule has 1 N–H and O–H groups in total. The fourth-order valence-electron chi connectivity index (χ4n) is 4.53. The number of ketones is 1. The third-order valence-corrected chi connectivity index (χ3v) is 6.55. The Morgan fingerprint density at radius 1 is 1.00 bits per heavy atom. The highest BCUT2D eigenvalue weighted by Crippen LogP contribution is 2.42. The standard InChI is InChI=1S/C27H31ClN2O6/c1-3-35-21-10-7-19(17-22(21)36-4-2)24-23(25(31)18-5-8-20(28)9-6-18)26(32)27(33)30(24)12-11-29-13-15-34-16-14-29/h5-10,17,24,31H,3-4,11-16H2,1-2H3/t24-/m0/s1. The van der Waals surface area contributed by atoms with Crippen LogP contribution in [0.25, 0.3) is 5.76 Å². The molecule has 0 aliphatic carbocycles.